The zero-order valence-corrected chi connectivity index (χ0v) is 8.67. The standard InChI is InChI=1S/2H2O4S.Zr/c2*1-5(2,3)4;/h2*(H2,1,2,3,4);/q;;+4/p-4. The summed E-state index contributed by atoms with van der Waals surface area (Å²) in [4.78, 5) is 0. The van der Waals surface area contributed by atoms with Gasteiger partial charge in [-0.1, -0.05) is 0 Å². The van der Waals surface area contributed by atoms with Gasteiger partial charge in [0, 0.05) is 20.8 Å². The zero-order valence-electron chi connectivity index (χ0n) is 4.58. The van der Waals surface area contributed by atoms with E-state index in [2.05, 4.69) is 0 Å². The first-order valence-electron chi connectivity index (χ1n) is 1.33. The van der Waals surface area contributed by atoms with Gasteiger partial charge in [-0.05, 0) is 0 Å². The Bertz CT molecular complexity index is 208. The first-order chi connectivity index (χ1) is 4.00. The summed E-state index contributed by atoms with van der Waals surface area (Å²) in [5.41, 5.74) is 0. The van der Waals surface area contributed by atoms with Crippen LogP contribution in [0.3, 0.4) is 0 Å². The van der Waals surface area contributed by atoms with Gasteiger partial charge < -0.3 is 18.2 Å². The van der Waals surface area contributed by atoms with Gasteiger partial charge in [0.2, 0.25) is 0 Å². The molecule has 0 fully saturated rings. The maximum atomic E-state index is 8.52. The molecule has 0 aliphatic heterocycles. The van der Waals surface area contributed by atoms with E-state index in [9.17, 15) is 0 Å². The van der Waals surface area contributed by atoms with Crippen LogP contribution in [0.1, 0.15) is 0 Å². The molecule has 0 aromatic rings. The number of hydrogen-bond donors (Lipinski definition) is 0. The molecule has 0 rings (SSSR count). The molecular formula is O8S2Zr. The SMILES string of the molecule is O=S(=O)([O-])[O-].O=S(=O)([O-])[O-].[Zr+4]. The van der Waals surface area contributed by atoms with Crippen molar-refractivity contribution in [2.75, 3.05) is 0 Å². The van der Waals surface area contributed by atoms with E-state index in [0.29, 0.717) is 0 Å². The number of hydrogen-bond acceptors (Lipinski definition) is 8. The second kappa shape index (κ2) is 6.17. The molecule has 0 saturated heterocycles. The molecule has 0 amide bonds. The average Bonchev–Trinajstić information content (AvgIpc) is 1.12. The van der Waals surface area contributed by atoms with E-state index >= 15 is 0 Å². The predicted molar refractivity (Wildman–Crippen MR) is 20.9 cm³/mol. The van der Waals surface area contributed by atoms with E-state index in [1.165, 1.54) is 0 Å². The van der Waals surface area contributed by atoms with Crippen LogP contribution in [0.5, 0.6) is 0 Å². The Morgan fingerprint density at radius 3 is 0.636 bits per heavy atom. The van der Waals surface area contributed by atoms with Crippen LogP contribution in [0.2, 0.25) is 0 Å². The molecule has 64 valence electrons. The summed E-state index contributed by atoms with van der Waals surface area (Å²) in [7, 11) is -10.3. The third-order valence-corrected chi connectivity index (χ3v) is 0. The average molecular weight is 283 g/mol. The van der Waals surface area contributed by atoms with Gasteiger partial charge in [0.25, 0.3) is 0 Å². The van der Waals surface area contributed by atoms with Crippen molar-refractivity contribution in [3.63, 3.8) is 0 Å². The van der Waals surface area contributed by atoms with E-state index in [-0.39, 0.29) is 26.2 Å². The topological polar surface area (TPSA) is 161 Å². The Morgan fingerprint density at radius 2 is 0.636 bits per heavy atom. The maximum absolute atomic E-state index is 8.52. The molecule has 0 aromatic carbocycles. The third-order valence-electron chi connectivity index (χ3n) is 0. The minimum atomic E-state index is -5.17. The summed E-state index contributed by atoms with van der Waals surface area (Å²) in [6, 6.07) is 0. The van der Waals surface area contributed by atoms with Crippen molar-refractivity contribution in [1.82, 2.24) is 0 Å². The second-order valence-corrected chi connectivity index (χ2v) is 2.45. The fourth-order valence-corrected chi connectivity index (χ4v) is 0. The minimum absolute atomic E-state index is 0. The van der Waals surface area contributed by atoms with Crippen LogP contribution in [-0.2, 0) is 47.0 Å². The summed E-state index contributed by atoms with van der Waals surface area (Å²) >= 11 is 0. The van der Waals surface area contributed by atoms with Gasteiger partial charge in [-0.3, -0.25) is 16.8 Å². The Balaban J connectivity index is -0.000000107. The van der Waals surface area contributed by atoms with E-state index < -0.39 is 20.8 Å². The maximum Gasteiger partial charge on any atom is 4.00 e. The molecule has 0 radical (unpaired) electrons. The molecule has 0 heterocycles. The van der Waals surface area contributed by atoms with E-state index in [1.807, 2.05) is 0 Å². The van der Waals surface area contributed by atoms with Crippen molar-refractivity contribution < 1.29 is 61.3 Å². The fraction of sp³-hybridized carbons (Fsp3) is 0. The monoisotopic (exact) mass is 282 g/mol. The molecule has 11 heavy (non-hydrogen) atoms. The van der Waals surface area contributed by atoms with Crippen LogP contribution in [0.25, 0.3) is 0 Å². The first-order valence-corrected chi connectivity index (χ1v) is 4.00. The Labute approximate surface area is 81.9 Å². The summed E-state index contributed by atoms with van der Waals surface area (Å²) in [5, 5.41) is 0. The van der Waals surface area contributed by atoms with Crippen molar-refractivity contribution in [3.8, 4) is 0 Å². The van der Waals surface area contributed by atoms with Gasteiger partial charge in [0.15, 0.2) is 0 Å². The van der Waals surface area contributed by atoms with Crippen LogP contribution < -0.4 is 0 Å². The largest absolute Gasteiger partial charge is 4.00 e. The zero-order chi connectivity index (χ0) is 9.00. The van der Waals surface area contributed by atoms with Crippen LogP contribution >= 0.6 is 0 Å². The summed E-state index contributed by atoms with van der Waals surface area (Å²) in [5.74, 6) is 0. The Hall–Kier alpha value is 0.623. The smallest absolute Gasteiger partial charge is 0.759 e. The quantitative estimate of drug-likeness (QED) is 0.343. The molecule has 0 saturated carbocycles. The molecule has 0 unspecified atom stereocenters. The summed E-state index contributed by atoms with van der Waals surface area (Å²) in [6.45, 7) is 0. The molecule has 0 spiro atoms. The van der Waals surface area contributed by atoms with Gasteiger partial charge in [-0.15, -0.1) is 0 Å². The van der Waals surface area contributed by atoms with Crippen LogP contribution in [-0.4, -0.2) is 35.0 Å². The Morgan fingerprint density at radius 1 is 0.636 bits per heavy atom. The van der Waals surface area contributed by atoms with Crippen molar-refractivity contribution in [2.24, 2.45) is 0 Å². The molecule has 0 aliphatic carbocycles. The van der Waals surface area contributed by atoms with Gasteiger partial charge in [0.05, 0.1) is 0 Å². The minimum Gasteiger partial charge on any atom is -0.759 e. The molecule has 8 nitrogen and oxygen atoms in total. The van der Waals surface area contributed by atoms with Gasteiger partial charge >= 0.3 is 26.2 Å². The van der Waals surface area contributed by atoms with Crippen molar-refractivity contribution in [1.29, 1.82) is 0 Å². The van der Waals surface area contributed by atoms with Gasteiger partial charge in [0.1, 0.15) is 0 Å². The molecule has 0 bridgehead atoms. The molecule has 0 atom stereocenters. The molecule has 0 N–H and O–H groups in total. The molecular weight excluding hydrogens is 283 g/mol. The van der Waals surface area contributed by atoms with Crippen LogP contribution in [0.15, 0.2) is 0 Å². The van der Waals surface area contributed by atoms with Crippen molar-refractivity contribution >= 4 is 20.8 Å². The molecule has 11 heteroatoms. The first kappa shape index (κ1) is 17.6. The molecule has 0 aliphatic rings. The van der Waals surface area contributed by atoms with Gasteiger partial charge in [-0.2, -0.15) is 0 Å². The van der Waals surface area contributed by atoms with Crippen LogP contribution in [0.4, 0.5) is 0 Å². The van der Waals surface area contributed by atoms with Gasteiger partial charge in [-0.25, -0.2) is 0 Å². The normalized spacial score (nSPS) is 10.5. The summed E-state index contributed by atoms with van der Waals surface area (Å²) < 4.78 is 68.2. The molecule has 0 aromatic heterocycles. The Kier molecular flexibility index (Phi) is 9.90. The second-order valence-electron chi connectivity index (χ2n) is 0.816. The fourth-order valence-electron chi connectivity index (χ4n) is 0. The van der Waals surface area contributed by atoms with Crippen LogP contribution in [0, 0.1) is 0 Å². The number of rotatable bonds is 0. The van der Waals surface area contributed by atoms with E-state index in [0.717, 1.165) is 0 Å². The summed E-state index contributed by atoms with van der Waals surface area (Å²) in [6.07, 6.45) is 0. The third kappa shape index (κ3) is 2030. The van der Waals surface area contributed by atoms with E-state index in [4.69, 9.17) is 35.0 Å². The van der Waals surface area contributed by atoms with E-state index in [1.54, 1.807) is 0 Å². The predicted octanol–water partition coefficient (Wildman–Crippen LogP) is -2.68. The van der Waals surface area contributed by atoms with Crippen molar-refractivity contribution in [2.45, 2.75) is 0 Å². The van der Waals surface area contributed by atoms with Crippen molar-refractivity contribution in [3.05, 3.63) is 0 Å².